The first-order valence-electron chi connectivity index (χ1n) is 10.1. The second-order valence-corrected chi connectivity index (χ2v) is 7.79. The van der Waals surface area contributed by atoms with Crippen LogP contribution in [-0.4, -0.2) is 32.8 Å². The number of primary amides is 1. The summed E-state index contributed by atoms with van der Waals surface area (Å²) in [7, 11) is 0. The molecule has 3 aromatic rings. The number of nitrogens with zero attached hydrogens (tertiary/aromatic N) is 3. The molecule has 0 radical (unpaired) electrons. The third-order valence-corrected chi connectivity index (χ3v) is 5.55. The molecular weight excluding hydrogens is 385 g/mol. The van der Waals surface area contributed by atoms with Gasteiger partial charge >= 0.3 is 0 Å². The predicted octanol–water partition coefficient (Wildman–Crippen LogP) is 2.97. The molecule has 158 valence electrons. The van der Waals surface area contributed by atoms with Gasteiger partial charge in [-0.1, -0.05) is 0 Å². The van der Waals surface area contributed by atoms with Crippen LogP contribution < -0.4 is 22.1 Å². The lowest BCUT2D eigenvalue weighted by Crippen LogP contribution is -2.40. The van der Waals surface area contributed by atoms with Crippen LogP contribution in [0.25, 0.3) is 10.9 Å². The SMILES string of the molecule is CCn1ncc2cc(Nc3nc(N[C@H](C)[C@H](N)C4CC4)c(F)cc3C(N)=O)ccc21. The lowest BCUT2D eigenvalue weighted by Gasteiger charge is -2.22. The molecule has 1 fully saturated rings. The summed E-state index contributed by atoms with van der Waals surface area (Å²) >= 11 is 0. The van der Waals surface area contributed by atoms with E-state index in [0.717, 1.165) is 36.4 Å². The maximum atomic E-state index is 14.6. The Balaban J connectivity index is 1.64. The summed E-state index contributed by atoms with van der Waals surface area (Å²) in [6.45, 7) is 4.68. The van der Waals surface area contributed by atoms with Gasteiger partial charge in [-0.15, -0.1) is 0 Å². The number of hydrogen-bond donors (Lipinski definition) is 4. The van der Waals surface area contributed by atoms with E-state index >= 15 is 0 Å². The standard InChI is InChI=1S/C21H26FN7O/c1-3-29-17-7-6-14(8-13(17)10-25-29)27-20-15(19(24)30)9-16(22)21(28-20)26-11(2)18(23)12-4-5-12/h6-12,18H,3-5,23H2,1-2H3,(H2,24,30)(H2,26,27,28)/t11-,18+/m1/s1. The molecule has 2 atom stereocenters. The lowest BCUT2D eigenvalue weighted by atomic mass is 10.1. The minimum absolute atomic E-state index is 0.0263. The van der Waals surface area contributed by atoms with E-state index in [1.807, 2.05) is 36.7 Å². The molecule has 8 nitrogen and oxygen atoms in total. The zero-order chi connectivity index (χ0) is 21.4. The van der Waals surface area contributed by atoms with E-state index < -0.39 is 11.7 Å². The van der Waals surface area contributed by atoms with Crippen molar-refractivity contribution in [1.82, 2.24) is 14.8 Å². The quantitative estimate of drug-likeness (QED) is 0.452. The number of pyridine rings is 1. The Bertz CT molecular complexity index is 1090. The van der Waals surface area contributed by atoms with Crippen LogP contribution in [0.5, 0.6) is 0 Å². The summed E-state index contributed by atoms with van der Waals surface area (Å²) in [6, 6.07) is 6.52. The van der Waals surface area contributed by atoms with Gasteiger partial charge < -0.3 is 22.1 Å². The molecular formula is C21H26FN7O. The number of benzene rings is 1. The van der Waals surface area contributed by atoms with Gasteiger partial charge in [0, 0.05) is 29.7 Å². The van der Waals surface area contributed by atoms with Crippen LogP contribution in [0, 0.1) is 11.7 Å². The molecule has 2 heterocycles. The number of amides is 1. The van der Waals surface area contributed by atoms with Crippen molar-refractivity contribution in [2.45, 2.75) is 45.3 Å². The molecule has 6 N–H and O–H groups in total. The molecule has 0 aliphatic heterocycles. The average Bonchev–Trinajstić information content (AvgIpc) is 3.49. The van der Waals surface area contributed by atoms with Crippen molar-refractivity contribution < 1.29 is 9.18 Å². The maximum absolute atomic E-state index is 14.6. The highest BCUT2D eigenvalue weighted by Crippen LogP contribution is 2.34. The summed E-state index contributed by atoms with van der Waals surface area (Å²) < 4.78 is 16.5. The third-order valence-electron chi connectivity index (χ3n) is 5.55. The number of fused-ring (bicyclic) bond motifs is 1. The van der Waals surface area contributed by atoms with Crippen LogP contribution in [0.15, 0.2) is 30.5 Å². The Morgan fingerprint density at radius 2 is 2.10 bits per heavy atom. The summed E-state index contributed by atoms with van der Waals surface area (Å²) in [5, 5.41) is 11.4. The highest BCUT2D eigenvalue weighted by Gasteiger charge is 2.32. The van der Waals surface area contributed by atoms with E-state index in [2.05, 4.69) is 20.7 Å². The van der Waals surface area contributed by atoms with Crippen molar-refractivity contribution in [2.24, 2.45) is 17.4 Å². The number of rotatable bonds is 8. The van der Waals surface area contributed by atoms with Crippen LogP contribution in [0.1, 0.15) is 37.0 Å². The monoisotopic (exact) mass is 411 g/mol. The van der Waals surface area contributed by atoms with Crippen LogP contribution in [0.2, 0.25) is 0 Å². The average molecular weight is 411 g/mol. The Morgan fingerprint density at radius 3 is 2.77 bits per heavy atom. The topological polar surface area (TPSA) is 124 Å². The molecule has 2 aromatic heterocycles. The first-order chi connectivity index (χ1) is 14.4. The first-order valence-corrected chi connectivity index (χ1v) is 10.1. The van der Waals surface area contributed by atoms with Crippen molar-refractivity contribution in [3.8, 4) is 0 Å². The third kappa shape index (κ3) is 3.93. The summed E-state index contributed by atoms with van der Waals surface area (Å²) in [5.74, 6) is -0.748. The Morgan fingerprint density at radius 1 is 1.33 bits per heavy atom. The van der Waals surface area contributed by atoms with Gasteiger partial charge in [0.15, 0.2) is 11.6 Å². The van der Waals surface area contributed by atoms with E-state index in [9.17, 15) is 9.18 Å². The highest BCUT2D eigenvalue weighted by molar-refractivity contribution is 5.99. The van der Waals surface area contributed by atoms with Gasteiger partial charge in [0.25, 0.3) is 5.91 Å². The van der Waals surface area contributed by atoms with Crippen molar-refractivity contribution in [2.75, 3.05) is 10.6 Å². The molecule has 1 amide bonds. The second-order valence-electron chi connectivity index (χ2n) is 7.79. The van der Waals surface area contributed by atoms with E-state index in [1.54, 1.807) is 6.20 Å². The zero-order valence-electron chi connectivity index (χ0n) is 17.0. The summed E-state index contributed by atoms with van der Waals surface area (Å²) in [5.41, 5.74) is 13.3. The fourth-order valence-electron chi connectivity index (χ4n) is 3.63. The minimum atomic E-state index is -0.766. The van der Waals surface area contributed by atoms with E-state index in [-0.39, 0.29) is 29.3 Å². The summed E-state index contributed by atoms with van der Waals surface area (Å²) in [6.07, 6.45) is 3.95. The van der Waals surface area contributed by atoms with Gasteiger partial charge in [0.2, 0.25) is 0 Å². The zero-order valence-corrected chi connectivity index (χ0v) is 17.0. The van der Waals surface area contributed by atoms with E-state index in [1.165, 1.54) is 0 Å². The fraction of sp³-hybridized carbons (Fsp3) is 0.381. The number of hydrogen-bond acceptors (Lipinski definition) is 6. The molecule has 1 saturated carbocycles. The van der Waals surface area contributed by atoms with Crippen LogP contribution in [-0.2, 0) is 6.54 Å². The molecule has 0 spiro atoms. The number of aryl methyl sites for hydroxylation is 1. The first kappa shape index (κ1) is 20.1. The molecule has 0 bridgehead atoms. The van der Waals surface area contributed by atoms with E-state index in [4.69, 9.17) is 11.5 Å². The Hall–Kier alpha value is -3.20. The number of aromatic nitrogens is 3. The number of anilines is 3. The number of nitrogens with two attached hydrogens (primary N) is 2. The van der Waals surface area contributed by atoms with Crippen LogP contribution in [0.3, 0.4) is 0 Å². The molecule has 30 heavy (non-hydrogen) atoms. The molecule has 1 aliphatic rings. The predicted molar refractivity (Wildman–Crippen MR) is 115 cm³/mol. The molecule has 9 heteroatoms. The molecule has 0 saturated heterocycles. The normalized spacial score (nSPS) is 15.7. The van der Waals surface area contributed by atoms with Crippen molar-refractivity contribution in [3.63, 3.8) is 0 Å². The largest absolute Gasteiger partial charge is 0.365 e. The molecule has 1 aromatic carbocycles. The van der Waals surface area contributed by atoms with Gasteiger partial charge in [0.05, 0.1) is 17.3 Å². The number of halogens is 1. The minimum Gasteiger partial charge on any atom is -0.365 e. The molecule has 0 unspecified atom stereocenters. The van der Waals surface area contributed by atoms with Gasteiger partial charge in [-0.25, -0.2) is 9.37 Å². The Kier molecular flexibility index (Phi) is 5.29. The highest BCUT2D eigenvalue weighted by atomic mass is 19.1. The number of carbonyl (C=O) groups is 1. The lowest BCUT2D eigenvalue weighted by molar-refractivity contribution is 0.100. The van der Waals surface area contributed by atoms with Crippen molar-refractivity contribution >= 4 is 34.1 Å². The van der Waals surface area contributed by atoms with Gasteiger partial charge in [-0.3, -0.25) is 9.48 Å². The number of carbonyl (C=O) groups excluding carboxylic acids is 1. The van der Waals surface area contributed by atoms with E-state index in [0.29, 0.717) is 11.6 Å². The molecule has 1 aliphatic carbocycles. The molecule has 4 rings (SSSR count). The summed E-state index contributed by atoms with van der Waals surface area (Å²) in [4.78, 5) is 16.2. The Labute approximate surface area is 173 Å². The fourth-order valence-corrected chi connectivity index (χ4v) is 3.63. The van der Waals surface area contributed by atoms with Gasteiger partial charge in [-0.05, 0) is 56.9 Å². The van der Waals surface area contributed by atoms with Gasteiger partial charge in [0.1, 0.15) is 5.82 Å². The smallest absolute Gasteiger partial charge is 0.252 e. The van der Waals surface area contributed by atoms with Crippen LogP contribution in [0.4, 0.5) is 21.7 Å². The van der Waals surface area contributed by atoms with Crippen LogP contribution >= 0.6 is 0 Å². The maximum Gasteiger partial charge on any atom is 0.252 e. The van der Waals surface area contributed by atoms with Crippen molar-refractivity contribution in [3.05, 3.63) is 41.8 Å². The number of nitrogens with one attached hydrogen (secondary N) is 2. The second kappa shape index (κ2) is 7.91. The van der Waals surface area contributed by atoms with Gasteiger partial charge in [-0.2, -0.15) is 5.10 Å². The van der Waals surface area contributed by atoms with Crippen molar-refractivity contribution in [1.29, 1.82) is 0 Å².